The second-order valence-corrected chi connectivity index (χ2v) is 9.19. The molecule has 5 rings (SSSR count). The Balaban J connectivity index is 1.47. The Labute approximate surface area is 207 Å². The van der Waals surface area contributed by atoms with E-state index in [1.165, 1.54) is 11.8 Å². The fourth-order valence-corrected chi connectivity index (χ4v) is 4.70. The molecule has 8 heteroatoms. The number of anilines is 1. The van der Waals surface area contributed by atoms with Crippen LogP contribution in [0.4, 0.5) is 5.69 Å². The van der Waals surface area contributed by atoms with Crippen LogP contribution in [0.15, 0.2) is 78.1 Å². The van der Waals surface area contributed by atoms with E-state index in [1.807, 2.05) is 85.3 Å². The number of aryl methyl sites for hydroxylation is 2. The fraction of sp³-hybridized carbons (Fsp3) is 0.148. The first-order valence-electron chi connectivity index (χ1n) is 11.2. The van der Waals surface area contributed by atoms with Crippen molar-refractivity contribution in [3.05, 3.63) is 84.1 Å². The first-order valence-corrected chi connectivity index (χ1v) is 12.2. The molecule has 1 amide bonds. The van der Waals surface area contributed by atoms with E-state index in [2.05, 4.69) is 26.6 Å². The molecule has 7 nitrogen and oxygen atoms in total. The summed E-state index contributed by atoms with van der Waals surface area (Å²) in [6.07, 6.45) is 1.94. The molecule has 0 saturated carbocycles. The van der Waals surface area contributed by atoms with Crippen molar-refractivity contribution in [3.63, 3.8) is 0 Å². The Kier molecular flexibility index (Phi) is 6.29. The van der Waals surface area contributed by atoms with E-state index in [1.54, 1.807) is 7.11 Å². The van der Waals surface area contributed by atoms with Gasteiger partial charge in [-0.05, 0) is 61.4 Å². The average molecular weight is 484 g/mol. The molecule has 0 fully saturated rings. The molecule has 0 bridgehead atoms. The van der Waals surface area contributed by atoms with Crippen LogP contribution in [0.2, 0.25) is 0 Å². The van der Waals surface area contributed by atoms with E-state index in [9.17, 15) is 4.79 Å². The molecule has 2 aromatic heterocycles. The lowest BCUT2D eigenvalue weighted by Gasteiger charge is -2.12. The molecule has 2 heterocycles. The fourth-order valence-electron chi connectivity index (χ4n) is 3.95. The molecule has 0 aliphatic rings. The third-order valence-corrected chi connectivity index (χ3v) is 6.72. The third-order valence-electron chi connectivity index (χ3n) is 5.79. The predicted octanol–water partition coefficient (Wildman–Crippen LogP) is 5.77. The molecule has 0 aliphatic heterocycles. The summed E-state index contributed by atoms with van der Waals surface area (Å²) in [7, 11) is 1.64. The SMILES string of the molecule is COc1ccc(-n2c(SCC(=O)Nc3cc(C)ccc3C)nnc2-c2c[nH]c3ccccc23)cc1. The van der Waals surface area contributed by atoms with Crippen LogP contribution in [0.3, 0.4) is 0 Å². The maximum Gasteiger partial charge on any atom is 0.234 e. The third kappa shape index (κ3) is 4.65. The molecule has 35 heavy (non-hydrogen) atoms. The van der Waals surface area contributed by atoms with Crippen molar-refractivity contribution < 1.29 is 9.53 Å². The Morgan fingerprint density at radius 2 is 1.86 bits per heavy atom. The monoisotopic (exact) mass is 483 g/mol. The number of carbonyl (C=O) groups excluding carboxylic acids is 1. The zero-order valence-corrected chi connectivity index (χ0v) is 20.5. The van der Waals surface area contributed by atoms with Gasteiger partial charge in [0.1, 0.15) is 5.75 Å². The van der Waals surface area contributed by atoms with Crippen LogP contribution in [0.25, 0.3) is 28.0 Å². The van der Waals surface area contributed by atoms with E-state index < -0.39 is 0 Å². The first kappa shape index (κ1) is 22.7. The number of hydrogen-bond donors (Lipinski definition) is 2. The number of aromatic nitrogens is 4. The van der Waals surface area contributed by atoms with Gasteiger partial charge in [0, 0.05) is 34.0 Å². The number of methoxy groups -OCH3 is 1. The van der Waals surface area contributed by atoms with Gasteiger partial charge in [0.2, 0.25) is 5.91 Å². The largest absolute Gasteiger partial charge is 0.497 e. The topological polar surface area (TPSA) is 84.8 Å². The highest BCUT2D eigenvalue weighted by Gasteiger charge is 2.20. The highest BCUT2D eigenvalue weighted by Crippen LogP contribution is 2.33. The molecular weight excluding hydrogens is 458 g/mol. The lowest BCUT2D eigenvalue weighted by Crippen LogP contribution is -2.15. The van der Waals surface area contributed by atoms with Crippen LogP contribution >= 0.6 is 11.8 Å². The van der Waals surface area contributed by atoms with Crippen molar-refractivity contribution in [2.24, 2.45) is 0 Å². The summed E-state index contributed by atoms with van der Waals surface area (Å²) in [6.45, 7) is 3.99. The zero-order valence-electron chi connectivity index (χ0n) is 19.7. The van der Waals surface area contributed by atoms with Crippen molar-refractivity contribution in [2.75, 3.05) is 18.2 Å². The lowest BCUT2D eigenvalue weighted by atomic mass is 10.1. The summed E-state index contributed by atoms with van der Waals surface area (Å²) in [5, 5.41) is 13.7. The minimum atomic E-state index is -0.0957. The molecule has 0 atom stereocenters. The number of benzene rings is 3. The molecule has 0 radical (unpaired) electrons. The van der Waals surface area contributed by atoms with E-state index >= 15 is 0 Å². The minimum Gasteiger partial charge on any atom is -0.497 e. The van der Waals surface area contributed by atoms with E-state index in [-0.39, 0.29) is 11.7 Å². The maximum absolute atomic E-state index is 12.8. The number of hydrogen-bond acceptors (Lipinski definition) is 5. The number of H-pyrrole nitrogens is 1. The minimum absolute atomic E-state index is 0.0957. The normalized spacial score (nSPS) is 11.1. The smallest absolute Gasteiger partial charge is 0.234 e. The second-order valence-electron chi connectivity index (χ2n) is 8.24. The highest BCUT2D eigenvalue weighted by molar-refractivity contribution is 7.99. The molecule has 0 unspecified atom stereocenters. The summed E-state index contributed by atoms with van der Waals surface area (Å²) in [4.78, 5) is 16.1. The van der Waals surface area contributed by atoms with Gasteiger partial charge < -0.3 is 15.0 Å². The summed E-state index contributed by atoms with van der Waals surface area (Å²) in [6, 6.07) is 21.8. The Bertz CT molecular complexity index is 1500. The number of nitrogens with zero attached hydrogens (tertiary/aromatic N) is 3. The second kappa shape index (κ2) is 9.68. The van der Waals surface area contributed by atoms with Gasteiger partial charge in [0.15, 0.2) is 11.0 Å². The number of thioether (sulfide) groups is 1. The first-order chi connectivity index (χ1) is 17.0. The van der Waals surface area contributed by atoms with Gasteiger partial charge in [-0.1, -0.05) is 42.1 Å². The highest BCUT2D eigenvalue weighted by atomic mass is 32.2. The van der Waals surface area contributed by atoms with Gasteiger partial charge in [-0.3, -0.25) is 9.36 Å². The van der Waals surface area contributed by atoms with Gasteiger partial charge in [0.25, 0.3) is 0 Å². The predicted molar refractivity (Wildman–Crippen MR) is 140 cm³/mol. The van der Waals surface area contributed by atoms with Crippen molar-refractivity contribution in [1.82, 2.24) is 19.7 Å². The van der Waals surface area contributed by atoms with Gasteiger partial charge in [-0.2, -0.15) is 0 Å². The van der Waals surface area contributed by atoms with Gasteiger partial charge in [-0.25, -0.2) is 0 Å². The molecule has 0 spiro atoms. The van der Waals surface area contributed by atoms with E-state index in [4.69, 9.17) is 4.74 Å². The molecular formula is C27H25N5O2S. The summed E-state index contributed by atoms with van der Waals surface area (Å²) in [5.74, 6) is 1.57. The van der Waals surface area contributed by atoms with Crippen LogP contribution in [-0.2, 0) is 4.79 Å². The van der Waals surface area contributed by atoms with Crippen molar-refractivity contribution >= 4 is 34.3 Å². The molecule has 5 aromatic rings. The molecule has 0 saturated heterocycles. The standard InChI is InChI=1S/C27H25N5O2S/c1-17-8-9-18(2)24(14-17)29-25(33)16-35-27-31-30-26(22-15-28-23-7-5-4-6-21(22)23)32(27)19-10-12-20(34-3)13-11-19/h4-15,28H,16H2,1-3H3,(H,29,33). The Morgan fingerprint density at radius 1 is 1.06 bits per heavy atom. The van der Waals surface area contributed by atoms with Crippen LogP contribution in [-0.4, -0.2) is 38.5 Å². The molecule has 0 aliphatic carbocycles. The van der Waals surface area contributed by atoms with Crippen LogP contribution in [0, 0.1) is 13.8 Å². The Hall–Kier alpha value is -4.04. The number of carbonyl (C=O) groups is 1. The van der Waals surface area contributed by atoms with Gasteiger partial charge in [0.05, 0.1) is 12.9 Å². The molecule has 2 N–H and O–H groups in total. The quantitative estimate of drug-likeness (QED) is 0.287. The number of fused-ring (bicyclic) bond motifs is 1. The number of nitrogens with one attached hydrogen (secondary N) is 2. The van der Waals surface area contributed by atoms with Gasteiger partial charge in [-0.15, -0.1) is 10.2 Å². The zero-order chi connectivity index (χ0) is 24.4. The summed E-state index contributed by atoms with van der Waals surface area (Å²) in [5.41, 5.74) is 5.79. The number of para-hydroxylation sites is 1. The summed E-state index contributed by atoms with van der Waals surface area (Å²) < 4.78 is 7.30. The summed E-state index contributed by atoms with van der Waals surface area (Å²) >= 11 is 1.35. The number of rotatable bonds is 7. The Morgan fingerprint density at radius 3 is 2.66 bits per heavy atom. The van der Waals surface area contributed by atoms with Crippen molar-refractivity contribution in [1.29, 1.82) is 0 Å². The number of ether oxygens (including phenoxy) is 1. The maximum atomic E-state index is 12.8. The van der Waals surface area contributed by atoms with Crippen LogP contribution in [0.1, 0.15) is 11.1 Å². The van der Waals surface area contributed by atoms with E-state index in [0.29, 0.717) is 11.0 Å². The van der Waals surface area contributed by atoms with Crippen LogP contribution < -0.4 is 10.1 Å². The van der Waals surface area contributed by atoms with Crippen molar-refractivity contribution in [3.8, 4) is 22.8 Å². The molecule has 176 valence electrons. The lowest BCUT2D eigenvalue weighted by molar-refractivity contribution is -0.113. The number of aromatic amines is 1. The molecule has 3 aromatic carbocycles. The number of amides is 1. The van der Waals surface area contributed by atoms with Gasteiger partial charge >= 0.3 is 0 Å². The van der Waals surface area contributed by atoms with E-state index in [0.717, 1.165) is 44.7 Å². The van der Waals surface area contributed by atoms with Crippen molar-refractivity contribution in [2.45, 2.75) is 19.0 Å². The van der Waals surface area contributed by atoms with Crippen LogP contribution in [0.5, 0.6) is 5.75 Å². The average Bonchev–Trinajstić information content (AvgIpc) is 3.49.